The van der Waals surface area contributed by atoms with Gasteiger partial charge in [-0.05, 0) is 0 Å². The fraction of sp³-hybridized carbons (Fsp3) is 0.667. The first-order chi connectivity index (χ1) is 14.0. The molecule has 0 radical (unpaired) electrons. The fourth-order valence-electron chi connectivity index (χ4n) is 2.37. The van der Waals surface area contributed by atoms with E-state index in [0.29, 0.717) is 5.75 Å². The second-order valence-corrected chi connectivity index (χ2v) is 8.35. The van der Waals surface area contributed by atoms with E-state index in [1.54, 1.807) is 0 Å². The van der Waals surface area contributed by atoms with Crippen LogP contribution in [0.15, 0.2) is 0 Å². The van der Waals surface area contributed by atoms with Crippen molar-refractivity contribution < 1.29 is 43.3 Å². The molecular formula is C18H26N2O9S. The van der Waals surface area contributed by atoms with Crippen molar-refractivity contribution in [3.05, 3.63) is 0 Å². The van der Waals surface area contributed by atoms with Crippen LogP contribution in [0.3, 0.4) is 0 Å². The Balaban J connectivity index is 2.94. The zero-order chi connectivity index (χ0) is 22.7. The van der Waals surface area contributed by atoms with Crippen molar-refractivity contribution >= 4 is 46.6 Å². The molecule has 0 aliphatic carbocycles. The molecule has 0 saturated carbocycles. The van der Waals surface area contributed by atoms with Gasteiger partial charge >= 0.3 is 17.9 Å². The van der Waals surface area contributed by atoms with Crippen LogP contribution in [-0.4, -0.2) is 71.5 Å². The van der Waals surface area contributed by atoms with Crippen molar-refractivity contribution in [2.24, 2.45) is 5.41 Å². The lowest BCUT2D eigenvalue weighted by Crippen LogP contribution is -2.49. The Labute approximate surface area is 177 Å². The topological polar surface area (TPSA) is 165 Å². The summed E-state index contributed by atoms with van der Waals surface area (Å²) in [7, 11) is 0. The van der Waals surface area contributed by atoms with Crippen molar-refractivity contribution in [2.75, 3.05) is 25.4 Å². The molecule has 0 aromatic rings. The number of hydrogen-bond donors (Lipinski definition) is 3. The molecule has 1 heterocycles. The molecule has 0 bridgehead atoms. The standard InChI is InChI=1S/C18H26N2O9S/c1-18(2)10-28-14(25)9-15(26)30-8-7-19-11(21)5-6-20-17(27)16(18)29-13(24)4-3-12(22)23/h16H,3-10H2,1-2H3,(H,19,21)(H,20,27)(H,22,23)/t16-/m0/s1. The highest BCUT2D eigenvalue weighted by Gasteiger charge is 2.40. The molecule has 168 valence electrons. The van der Waals surface area contributed by atoms with Crippen LogP contribution in [0.5, 0.6) is 0 Å². The minimum absolute atomic E-state index is 0.0283. The molecule has 1 aliphatic rings. The number of ether oxygens (including phenoxy) is 2. The van der Waals surface area contributed by atoms with Crippen molar-refractivity contribution in [3.63, 3.8) is 0 Å². The normalized spacial score (nSPS) is 21.7. The maximum atomic E-state index is 12.6. The molecule has 1 rings (SSSR count). The molecule has 12 heteroatoms. The third-order valence-electron chi connectivity index (χ3n) is 3.97. The summed E-state index contributed by atoms with van der Waals surface area (Å²) in [5, 5.41) is 13.3. The Kier molecular flexibility index (Phi) is 10.3. The van der Waals surface area contributed by atoms with Crippen LogP contribution < -0.4 is 10.6 Å². The van der Waals surface area contributed by atoms with Gasteiger partial charge in [-0.25, -0.2) is 0 Å². The Morgan fingerprint density at radius 1 is 1.17 bits per heavy atom. The summed E-state index contributed by atoms with van der Waals surface area (Å²) in [6, 6.07) is 0. The second-order valence-electron chi connectivity index (χ2n) is 7.20. The van der Waals surface area contributed by atoms with E-state index in [0.717, 1.165) is 11.8 Å². The first-order valence-corrected chi connectivity index (χ1v) is 10.3. The lowest BCUT2D eigenvalue weighted by atomic mass is 9.86. The van der Waals surface area contributed by atoms with Gasteiger partial charge in [0.05, 0.1) is 12.8 Å². The fourth-order valence-corrected chi connectivity index (χ4v) is 3.02. The largest absolute Gasteiger partial charge is 0.481 e. The number of hydrogen-bond acceptors (Lipinski definition) is 9. The number of nitrogens with one attached hydrogen (secondary N) is 2. The first-order valence-electron chi connectivity index (χ1n) is 9.28. The van der Waals surface area contributed by atoms with Crippen LogP contribution in [-0.2, 0) is 38.2 Å². The summed E-state index contributed by atoms with van der Waals surface area (Å²) >= 11 is 0.894. The molecule has 0 aromatic carbocycles. The third-order valence-corrected chi connectivity index (χ3v) is 4.85. The summed E-state index contributed by atoms with van der Waals surface area (Å²) in [6.45, 7) is 2.89. The minimum Gasteiger partial charge on any atom is -0.481 e. The molecule has 1 atom stereocenters. The van der Waals surface area contributed by atoms with Gasteiger partial charge in [-0.1, -0.05) is 25.6 Å². The molecule has 2 amide bonds. The number of carboxylic acids is 1. The maximum absolute atomic E-state index is 12.6. The van der Waals surface area contributed by atoms with Gasteiger partial charge in [0, 0.05) is 30.7 Å². The first kappa shape index (κ1) is 25.4. The molecule has 0 unspecified atom stereocenters. The van der Waals surface area contributed by atoms with Crippen molar-refractivity contribution in [2.45, 2.75) is 45.6 Å². The molecule has 3 N–H and O–H groups in total. The minimum atomic E-state index is -1.41. The number of carboxylic acid groups (broad SMARTS) is 1. The van der Waals surface area contributed by atoms with Gasteiger partial charge in [0.15, 0.2) is 11.2 Å². The zero-order valence-corrected chi connectivity index (χ0v) is 17.7. The van der Waals surface area contributed by atoms with E-state index in [9.17, 15) is 28.8 Å². The van der Waals surface area contributed by atoms with Crippen molar-refractivity contribution in [3.8, 4) is 0 Å². The van der Waals surface area contributed by atoms with Crippen LogP contribution >= 0.6 is 11.8 Å². The average molecular weight is 446 g/mol. The molecule has 30 heavy (non-hydrogen) atoms. The van der Waals surface area contributed by atoms with Gasteiger partial charge in [-0.3, -0.25) is 28.8 Å². The number of thioether (sulfide) groups is 1. The Morgan fingerprint density at radius 2 is 1.87 bits per heavy atom. The number of carbonyl (C=O) groups excluding carboxylic acids is 5. The highest BCUT2D eigenvalue weighted by atomic mass is 32.2. The number of cyclic esters (lactones) is 1. The Hall–Kier alpha value is -2.63. The smallest absolute Gasteiger partial charge is 0.314 e. The summed E-state index contributed by atoms with van der Waals surface area (Å²) in [5.74, 6) is -3.67. The highest BCUT2D eigenvalue weighted by molar-refractivity contribution is 8.13. The van der Waals surface area contributed by atoms with E-state index in [-0.39, 0.29) is 32.0 Å². The van der Waals surface area contributed by atoms with E-state index >= 15 is 0 Å². The average Bonchev–Trinajstić information content (AvgIpc) is 2.65. The summed E-state index contributed by atoms with van der Waals surface area (Å²) in [4.78, 5) is 70.7. The van der Waals surface area contributed by atoms with E-state index < -0.39 is 59.7 Å². The lowest BCUT2D eigenvalue weighted by Gasteiger charge is -2.32. The molecule has 11 nitrogen and oxygen atoms in total. The second kappa shape index (κ2) is 12.2. The van der Waals surface area contributed by atoms with Gasteiger partial charge in [0.2, 0.25) is 5.91 Å². The van der Waals surface area contributed by atoms with Crippen LogP contribution in [0.1, 0.15) is 39.5 Å². The van der Waals surface area contributed by atoms with Crippen LogP contribution in [0.2, 0.25) is 0 Å². The molecular weight excluding hydrogens is 420 g/mol. The van der Waals surface area contributed by atoms with E-state index in [1.807, 2.05) is 0 Å². The molecule has 0 spiro atoms. The van der Waals surface area contributed by atoms with Gasteiger partial charge in [0.1, 0.15) is 13.0 Å². The molecule has 1 fully saturated rings. The number of rotatable bonds is 4. The van der Waals surface area contributed by atoms with Gasteiger partial charge in [0.25, 0.3) is 5.91 Å². The van der Waals surface area contributed by atoms with Crippen molar-refractivity contribution in [1.82, 2.24) is 10.6 Å². The highest BCUT2D eigenvalue weighted by Crippen LogP contribution is 2.25. The summed E-state index contributed by atoms with van der Waals surface area (Å²) in [6.07, 6.45) is -2.83. The van der Waals surface area contributed by atoms with Gasteiger partial charge < -0.3 is 25.2 Å². The Morgan fingerprint density at radius 3 is 2.53 bits per heavy atom. The maximum Gasteiger partial charge on any atom is 0.314 e. The third kappa shape index (κ3) is 9.72. The number of esters is 2. The Bertz CT molecular complexity index is 693. The molecule has 0 aromatic heterocycles. The zero-order valence-electron chi connectivity index (χ0n) is 16.9. The van der Waals surface area contributed by atoms with Gasteiger partial charge in [-0.15, -0.1) is 0 Å². The quantitative estimate of drug-likeness (QED) is 0.383. The summed E-state index contributed by atoms with van der Waals surface area (Å²) in [5.41, 5.74) is -1.19. The van der Waals surface area contributed by atoms with Crippen LogP contribution in [0.25, 0.3) is 0 Å². The number of aliphatic carboxylic acids is 1. The SMILES string of the molecule is CC1(C)COC(=O)CC(=O)SCCNC(=O)CCNC(=O)[C@@H]1OC(=O)CCC(=O)O. The monoisotopic (exact) mass is 446 g/mol. The van der Waals surface area contributed by atoms with E-state index in [4.69, 9.17) is 14.6 Å². The van der Waals surface area contributed by atoms with E-state index in [1.165, 1.54) is 13.8 Å². The van der Waals surface area contributed by atoms with E-state index in [2.05, 4.69) is 10.6 Å². The lowest BCUT2D eigenvalue weighted by molar-refractivity contribution is -0.169. The predicted molar refractivity (Wildman–Crippen MR) is 104 cm³/mol. The number of amides is 2. The van der Waals surface area contributed by atoms with Gasteiger partial charge in [-0.2, -0.15) is 0 Å². The van der Waals surface area contributed by atoms with Crippen LogP contribution in [0, 0.1) is 5.41 Å². The summed E-state index contributed by atoms with van der Waals surface area (Å²) < 4.78 is 10.3. The van der Waals surface area contributed by atoms with Crippen molar-refractivity contribution in [1.29, 1.82) is 0 Å². The predicted octanol–water partition coefficient (Wildman–Crippen LogP) is -0.382. The molecule has 1 aliphatic heterocycles. The van der Waals surface area contributed by atoms with Crippen LogP contribution in [0.4, 0.5) is 0 Å². The number of carbonyl (C=O) groups is 6. The molecule has 1 saturated heterocycles.